The topological polar surface area (TPSA) is 104 Å². The maximum atomic E-state index is 12.4. The molecule has 0 spiro atoms. The zero-order chi connectivity index (χ0) is 20.8. The van der Waals surface area contributed by atoms with E-state index in [9.17, 15) is 4.79 Å². The van der Waals surface area contributed by atoms with Gasteiger partial charge in [-0.3, -0.25) is 4.79 Å². The van der Waals surface area contributed by atoms with Crippen LogP contribution in [0.5, 0.6) is 0 Å². The molecule has 0 aliphatic heterocycles. The molecule has 0 fully saturated rings. The Balaban J connectivity index is 2.08. The molecular weight excluding hydrogens is 364 g/mol. The van der Waals surface area contributed by atoms with Crippen molar-refractivity contribution in [1.29, 1.82) is 0 Å². The predicted molar refractivity (Wildman–Crippen MR) is 116 cm³/mol. The molecule has 0 aliphatic rings. The van der Waals surface area contributed by atoms with Gasteiger partial charge in [-0.15, -0.1) is 0 Å². The summed E-state index contributed by atoms with van der Waals surface area (Å²) in [5.74, 6) is -0.407. The number of carbonyl (C=O) groups excluding carboxylic acids is 1. The molecule has 6 nitrogen and oxygen atoms in total. The van der Waals surface area contributed by atoms with E-state index in [2.05, 4.69) is 16.0 Å². The zero-order valence-corrected chi connectivity index (χ0v) is 16.8. The molecule has 0 amide bonds. The molecule has 0 radical (unpaired) electrons. The monoisotopic (exact) mass is 390 g/mol. The van der Waals surface area contributed by atoms with Crippen molar-refractivity contribution in [3.05, 3.63) is 60.7 Å². The number of carbonyl (C=O) groups is 1. The molecule has 1 heterocycles. The highest BCUT2D eigenvalue weighted by molar-refractivity contribution is 5.79. The van der Waals surface area contributed by atoms with E-state index in [1.165, 1.54) is 6.33 Å². The summed E-state index contributed by atoms with van der Waals surface area (Å²) < 4.78 is 5.27. The number of nitrogens with zero attached hydrogens (tertiary/aromatic N) is 2. The number of benzene rings is 2. The number of hydrogen-bond acceptors (Lipinski definition) is 6. The molecular formula is C23H26N4O2. The summed E-state index contributed by atoms with van der Waals surface area (Å²) in [4.78, 5) is 20.6. The van der Waals surface area contributed by atoms with Crippen molar-refractivity contribution >= 4 is 17.3 Å². The van der Waals surface area contributed by atoms with Crippen molar-refractivity contribution in [3.63, 3.8) is 0 Å². The molecule has 0 saturated heterocycles. The summed E-state index contributed by atoms with van der Waals surface area (Å²) >= 11 is 0. The van der Waals surface area contributed by atoms with Crippen molar-refractivity contribution in [2.45, 2.75) is 26.7 Å². The molecule has 0 aliphatic carbocycles. The first-order valence-electron chi connectivity index (χ1n) is 9.73. The summed E-state index contributed by atoms with van der Waals surface area (Å²) in [5.41, 5.74) is 18.1. The lowest BCUT2D eigenvalue weighted by atomic mass is 9.88. The van der Waals surface area contributed by atoms with Crippen molar-refractivity contribution in [1.82, 2.24) is 9.97 Å². The Kier molecular flexibility index (Phi) is 6.44. The lowest BCUT2D eigenvalue weighted by Gasteiger charge is -2.18. The van der Waals surface area contributed by atoms with Crippen molar-refractivity contribution < 1.29 is 9.53 Å². The molecule has 29 heavy (non-hydrogen) atoms. The maximum Gasteiger partial charge on any atom is 0.309 e. The van der Waals surface area contributed by atoms with Crippen LogP contribution in [0.25, 0.3) is 22.3 Å². The van der Waals surface area contributed by atoms with Crippen molar-refractivity contribution in [2.24, 2.45) is 5.92 Å². The minimum Gasteiger partial charge on any atom is -0.466 e. The average molecular weight is 390 g/mol. The number of anilines is 2. The van der Waals surface area contributed by atoms with Gasteiger partial charge in [-0.2, -0.15) is 0 Å². The van der Waals surface area contributed by atoms with Crippen LogP contribution in [-0.4, -0.2) is 22.5 Å². The molecule has 1 unspecified atom stereocenters. The van der Waals surface area contributed by atoms with Gasteiger partial charge in [0.15, 0.2) is 0 Å². The van der Waals surface area contributed by atoms with Crippen LogP contribution in [0.1, 0.15) is 25.8 Å². The molecule has 150 valence electrons. The Hall–Kier alpha value is -3.41. The number of nitrogens with two attached hydrogens (primary N) is 2. The smallest absolute Gasteiger partial charge is 0.309 e. The molecule has 0 bridgehead atoms. The van der Waals surface area contributed by atoms with Crippen LogP contribution in [0.4, 0.5) is 11.4 Å². The predicted octanol–water partition coefficient (Wildman–Crippen LogP) is 4.11. The number of ether oxygens (including phenoxy) is 1. The fourth-order valence-corrected chi connectivity index (χ4v) is 3.42. The highest BCUT2D eigenvalue weighted by Crippen LogP contribution is 2.33. The van der Waals surface area contributed by atoms with Crippen LogP contribution >= 0.6 is 0 Å². The summed E-state index contributed by atoms with van der Waals surface area (Å²) in [6.07, 6.45) is 6.29. The molecule has 3 aromatic rings. The Morgan fingerprint density at radius 2 is 1.66 bits per heavy atom. The van der Waals surface area contributed by atoms with Gasteiger partial charge in [-0.05, 0) is 60.2 Å². The number of nitrogen functional groups attached to an aromatic ring is 2. The molecule has 0 saturated carbocycles. The lowest BCUT2D eigenvalue weighted by Crippen LogP contribution is -2.19. The van der Waals surface area contributed by atoms with E-state index in [0.717, 1.165) is 27.8 Å². The fraction of sp³-hybridized carbons (Fsp3) is 0.261. The average Bonchev–Trinajstić information content (AvgIpc) is 2.72. The molecule has 1 aromatic heterocycles. The molecule has 6 heteroatoms. The van der Waals surface area contributed by atoms with Gasteiger partial charge in [0.05, 0.1) is 12.5 Å². The first-order chi connectivity index (χ1) is 14.0. The molecule has 4 N–H and O–H groups in total. The second kappa shape index (κ2) is 9.19. The van der Waals surface area contributed by atoms with Gasteiger partial charge < -0.3 is 16.2 Å². The van der Waals surface area contributed by atoms with Gasteiger partial charge >= 0.3 is 5.97 Å². The first-order valence-corrected chi connectivity index (χ1v) is 9.73. The SMILES string of the molecule is CCOC(=O)C(CC)Cc1cc(-c2cncnc2)ccc1-c1cc(N)cc(N)c1. The van der Waals surface area contributed by atoms with Crippen LogP contribution in [-0.2, 0) is 16.0 Å². The quantitative estimate of drug-likeness (QED) is 0.465. The Morgan fingerprint density at radius 1 is 0.966 bits per heavy atom. The van der Waals surface area contributed by atoms with E-state index < -0.39 is 0 Å². The van der Waals surface area contributed by atoms with Crippen LogP contribution in [0, 0.1) is 5.92 Å². The summed E-state index contributed by atoms with van der Waals surface area (Å²) in [5, 5.41) is 0. The second-order valence-electron chi connectivity index (χ2n) is 6.95. The van der Waals surface area contributed by atoms with Gasteiger partial charge in [0.2, 0.25) is 0 Å². The lowest BCUT2D eigenvalue weighted by molar-refractivity contribution is -0.148. The fourth-order valence-electron chi connectivity index (χ4n) is 3.42. The maximum absolute atomic E-state index is 12.4. The van der Waals surface area contributed by atoms with Gasteiger partial charge in [0.1, 0.15) is 6.33 Å². The normalized spacial score (nSPS) is 11.8. The van der Waals surface area contributed by atoms with Gasteiger partial charge in [-0.25, -0.2) is 9.97 Å². The molecule has 3 rings (SSSR count). The largest absolute Gasteiger partial charge is 0.466 e. The summed E-state index contributed by atoms with van der Waals surface area (Å²) in [6, 6.07) is 11.6. The first kappa shape index (κ1) is 20.3. The zero-order valence-electron chi connectivity index (χ0n) is 16.8. The van der Waals surface area contributed by atoms with Crippen LogP contribution in [0.15, 0.2) is 55.1 Å². The van der Waals surface area contributed by atoms with E-state index in [1.54, 1.807) is 18.5 Å². The van der Waals surface area contributed by atoms with E-state index in [1.807, 2.05) is 38.1 Å². The number of hydrogen-bond donors (Lipinski definition) is 2. The molecule has 1 atom stereocenters. The van der Waals surface area contributed by atoms with E-state index in [0.29, 0.717) is 30.8 Å². The van der Waals surface area contributed by atoms with Gasteiger partial charge in [-0.1, -0.05) is 25.1 Å². The van der Waals surface area contributed by atoms with Gasteiger partial charge in [0, 0.05) is 29.3 Å². The highest BCUT2D eigenvalue weighted by Gasteiger charge is 2.21. The van der Waals surface area contributed by atoms with Crippen molar-refractivity contribution in [3.8, 4) is 22.3 Å². The summed E-state index contributed by atoms with van der Waals surface area (Å²) in [6.45, 7) is 4.19. The highest BCUT2D eigenvalue weighted by atomic mass is 16.5. The Bertz CT molecular complexity index is 969. The Labute approximate surface area is 170 Å². The van der Waals surface area contributed by atoms with Gasteiger partial charge in [0.25, 0.3) is 0 Å². The molecule has 2 aromatic carbocycles. The minimum absolute atomic E-state index is 0.179. The van der Waals surface area contributed by atoms with Crippen LogP contribution in [0.2, 0.25) is 0 Å². The van der Waals surface area contributed by atoms with Crippen LogP contribution < -0.4 is 11.5 Å². The summed E-state index contributed by atoms with van der Waals surface area (Å²) in [7, 11) is 0. The third-order valence-electron chi connectivity index (χ3n) is 4.87. The number of aromatic nitrogens is 2. The van der Waals surface area contributed by atoms with Crippen LogP contribution in [0.3, 0.4) is 0 Å². The standard InChI is InChI=1S/C23H26N4O2/c1-3-15(23(28)29-4-2)7-17-8-16(19-12-26-14-27-13-19)5-6-22(17)18-9-20(24)11-21(25)10-18/h5-6,8-15H,3-4,7,24-25H2,1-2H3. The van der Waals surface area contributed by atoms with Crippen molar-refractivity contribution in [2.75, 3.05) is 18.1 Å². The second-order valence-corrected chi connectivity index (χ2v) is 6.95. The third kappa shape index (κ3) is 4.90. The number of rotatable bonds is 7. The van der Waals surface area contributed by atoms with E-state index >= 15 is 0 Å². The Morgan fingerprint density at radius 3 is 2.28 bits per heavy atom. The van der Waals surface area contributed by atoms with E-state index in [-0.39, 0.29) is 11.9 Å². The number of esters is 1. The minimum atomic E-state index is -0.227. The van der Waals surface area contributed by atoms with E-state index in [4.69, 9.17) is 16.2 Å². The third-order valence-corrected chi connectivity index (χ3v) is 4.87.